The summed E-state index contributed by atoms with van der Waals surface area (Å²) in [5, 5.41) is 5.47. The second kappa shape index (κ2) is 21.0. The smallest absolute Gasteiger partial charge is 0.224 e. The molecule has 306 valence electrons. The molecule has 0 spiro atoms. The molecule has 13 heteroatoms. The number of nitrogens with one attached hydrogen (secondary N) is 2. The van der Waals surface area contributed by atoms with Crippen LogP contribution in [0.2, 0.25) is 0 Å². The molecule has 4 aromatic rings. The first-order chi connectivity index (χ1) is 27.4. The number of carbonyl (C=O) groups is 2. The van der Waals surface area contributed by atoms with Crippen LogP contribution in [0.5, 0.6) is 11.5 Å². The molecule has 4 N–H and O–H groups in total. The molecule has 0 radical (unpaired) electrons. The van der Waals surface area contributed by atoms with E-state index in [1.54, 1.807) is 21.2 Å². The van der Waals surface area contributed by atoms with E-state index < -0.39 is 0 Å². The molecule has 0 unspecified atom stereocenters. The number of hydrogen-bond acceptors (Lipinski definition) is 11. The van der Waals surface area contributed by atoms with Crippen LogP contribution in [0, 0.1) is 27.7 Å². The Balaban J connectivity index is 1.41. The van der Waals surface area contributed by atoms with Crippen LogP contribution in [-0.4, -0.2) is 115 Å². The van der Waals surface area contributed by atoms with Crippen molar-refractivity contribution < 1.29 is 19.1 Å². The SMILES string of the molecule is CNC(=O)Cc1cc(C)nc(CN2CCN(Cc3cc(CC(=O)NC)cc(C)n3)CCN(Cc3cc(-c4c(C)cc(OCCCN)cc4OC)cc(C)n3)CC2)c1. The summed E-state index contributed by atoms with van der Waals surface area (Å²) >= 11 is 0. The summed E-state index contributed by atoms with van der Waals surface area (Å²) in [5.41, 5.74) is 16.4. The van der Waals surface area contributed by atoms with Crippen molar-refractivity contribution in [3.8, 4) is 22.6 Å². The van der Waals surface area contributed by atoms with Gasteiger partial charge in [-0.3, -0.25) is 39.2 Å². The van der Waals surface area contributed by atoms with Gasteiger partial charge >= 0.3 is 0 Å². The van der Waals surface area contributed by atoms with Crippen LogP contribution in [0.15, 0.2) is 48.5 Å². The summed E-state index contributed by atoms with van der Waals surface area (Å²) in [4.78, 5) is 46.6. The molecule has 0 aliphatic carbocycles. The van der Waals surface area contributed by atoms with E-state index in [0.29, 0.717) is 45.6 Å². The van der Waals surface area contributed by atoms with Crippen LogP contribution < -0.4 is 25.8 Å². The average Bonchev–Trinajstić information content (AvgIpc) is 3.24. The molecule has 1 fully saturated rings. The fourth-order valence-corrected chi connectivity index (χ4v) is 7.46. The highest BCUT2D eigenvalue weighted by Gasteiger charge is 2.21. The number of hydrogen-bond donors (Lipinski definition) is 3. The highest BCUT2D eigenvalue weighted by Crippen LogP contribution is 2.37. The minimum absolute atomic E-state index is 0.0188. The number of aryl methyl sites for hydroxylation is 4. The van der Waals surface area contributed by atoms with Gasteiger partial charge in [0.2, 0.25) is 11.8 Å². The lowest BCUT2D eigenvalue weighted by molar-refractivity contribution is -0.120. The Hall–Kier alpha value is -4.95. The molecule has 0 atom stereocenters. The highest BCUT2D eigenvalue weighted by atomic mass is 16.5. The predicted octanol–water partition coefficient (Wildman–Crippen LogP) is 3.91. The van der Waals surface area contributed by atoms with Crippen LogP contribution in [0.3, 0.4) is 0 Å². The second-order valence-electron chi connectivity index (χ2n) is 15.0. The Bertz CT molecular complexity index is 1910. The van der Waals surface area contributed by atoms with E-state index in [0.717, 1.165) is 119 Å². The number of carbonyl (C=O) groups excluding carboxylic acids is 2. The van der Waals surface area contributed by atoms with E-state index in [1.165, 1.54) is 0 Å². The monoisotopic (exact) mass is 779 g/mol. The molecule has 13 nitrogen and oxygen atoms in total. The molecule has 1 aliphatic rings. The summed E-state index contributed by atoms with van der Waals surface area (Å²) in [7, 11) is 5.02. The summed E-state index contributed by atoms with van der Waals surface area (Å²) in [5.74, 6) is 1.49. The van der Waals surface area contributed by atoms with Crippen molar-refractivity contribution in [3.05, 3.63) is 99.4 Å². The molecule has 57 heavy (non-hydrogen) atoms. The van der Waals surface area contributed by atoms with Crippen molar-refractivity contribution in [2.24, 2.45) is 5.73 Å². The van der Waals surface area contributed by atoms with E-state index in [4.69, 9.17) is 30.2 Å². The van der Waals surface area contributed by atoms with E-state index >= 15 is 0 Å². The van der Waals surface area contributed by atoms with Crippen LogP contribution in [0.1, 0.15) is 57.3 Å². The number of amides is 2. The summed E-state index contributed by atoms with van der Waals surface area (Å²) in [6.07, 6.45) is 1.43. The first kappa shape index (κ1) is 43.2. The number of benzene rings is 1. The Kier molecular flexibility index (Phi) is 15.9. The van der Waals surface area contributed by atoms with Crippen LogP contribution in [0.4, 0.5) is 0 Å². The van der Waals surface area contributed by atoms with Gasteiger partial charge in [-0.1, -0.05) is 0 Å². The van der Waals surface area contributed by atoms with Crippen molar-refractivity contribution >= 4 is 11.8 Å². The number of methoxy groups -OCH3 is 1. The number of nitrogens with two attached hydrogens (primary N) is 1. The molecule has 0 saturated carbocycles. The topological polar surface area (TPSA) is 151 Å². The van der Waals surface area contributed by atoms with Gasteiger partial charge in [-0.25, -0.2) is 0 Å². The number of pyridine rings is 3. The maximum atomic E-state index is 12.2. The minimum atomic E-state index is -0.0188. The Morgan fingerprint density at radius 1 is 0.667 bits per heavy atom. The van der Waals surface area contributed by atoms with Crippen molar-refractivity contribution in [1.82, 2.24) is 40.3 Å². The number of likely N-dealkylation sites (N-methyl/N-ethyl adjacent to an activating group) is 2. The highest BCUT2D eigenvalue weighted by molar-refractivity contribution is 5.79. The van der Waals surface area contributed by atoms with Crippen molar-refractivity contribution in [2.45, 2.75) is 66.6 Å². The number of ether oxygens (including phenoxy) is 2. The van der Waals surface area contributed by atoms with Gasteiger partial charge in [-0.2, -0.15) is 0 Å². The van der Waals surface area contributed by atoms with Crippen LogP contribution in [0.25, 0.3) is 11.1 Å². The summed E-state index contributed by atoms with van der Waals surface area (Å²) in [6, 6.07) is 16.4. The molecular weight excluding hydrogens is 719 g/mol. The van der Waals surface area contributed by atoms with Gasteiger partial charge in [0, 0.05) is 102 Å². The quantitative estimate of drug-likeness (QED) is 0.142. The van der Waals surface area contributed by atoms with Crippen LogP contribution in [-0.2, 0) is 42.1 Å². The third-order valence-corrected chi connectivity index (χ3v) is 10.2. The number of nitrogens with zero attached hydrogens (tertiary/aromatic N) is 6. The van der Waals surface area contributed by atoms with Gasteiger partial charge in [0.1, 0.15) is 11.5 Å². The lowest BCUT2D eigenvalue weighted by Crippen LogP contribution is -2.36. The molecule has 4 heterocycles. The molecule has 3 aromatic heterocycles. The van der Waals surface area contributed by atoms with E-state index in [9.17, 15) is 9.59 Å². The lowest BCUT2D eigenvalue weighted by atomic mass is 9.98. The average molecular weight is 780 g/mol. The molecule has 1 saturated heterocycles. The van der Waals surface area contributed by atoms with Crippen molar-refractivity contribution in [1.29, 1.82) is 0 Å². The third-order valence-electron chi connectivity index (χ3n) is 10.2. The normalized spacial score (nSPS) is 14.4. The van der Waals surface area contributed by atoms with Crippen molar-refractivity contribution in [3.63, 3.8) is 0 Å². The summed E-state index contributed by atoms with van der Waals surface area (Å²) in [6.45, 7) is 16.3. The fourth-order valence-electron chi connectivity index (χ4n) is 7.46. The lowest BCUT2D eigenvalue weighted by Gasteiger charge is -2.26. The molecule has 1 aromatic carbocycles. The van der Waals surface area contributed by atoms with Gasteiger partial charge in [-0.15, -0.1) is 0 Å². The number of aromatic nitrogens is 3. The second-order valence-corrected chi connectivity index (χ2v) is 15.0. The first-order valence-corrected chi connectivity index (χ1v) is 20.0. The Labute approximate surface area is 338 Å². The predicted molar refractivity (Wildman–Crippen MR) is 224 cm³/mol. The Morgan fingerprint density at radius 2 is 1.12 bits per heavy atom. The minimum Gasteiger partial charge on any atom is -0.496 e. The third kappa shape index (κ3) is 13.0. The zero-order valence-electron chi connectivity index (χ0n) is 34.9. The van der Waals surface area contributed by atoms with Gasteiger partial charge in [-0.05, 0) is 105 Å². The Morgan fingerprint density at radius 3 is 1.56 bits per heavy atom. The molecule has 1 aliphatic heterocycles. The van der Waals surface area contributed by atoms with Gasteiger partial charge in [0.15, 0.2) is 0 Å². The molecule has 5 rings (SSSR count). The molecular formula is C44H61N9O4. The van der Waals surface area contributed by atoms with Gasteiger partial charge < -0.3 is 25.8 Å². The zero-order chi connectivity index (χ0) is 40.9. The largest absolute Gasteiger partial charge is 0.496 e. The van der Waals surface area contributed by atoms with Gasteiger partial charge in [0.25, 0.3) is 0 Å². The van der Waals surface area contributed by atoms with E-state index in [1.807, 2.05) is 39.0 Å². The number of rotatable bonds is 16. The maximum absolute atomic E-state index is 12.2. The zero-order valence-corrected chi connectivity index (χ0v) is 34.9. The van der Waals surface area contributed by atoms with E-state index in [2.05, 4.69) is 62.6 Å². The maximum Gasteiger partial charge on any atom is 0.224 e. The molecule has 2 amide bonds. The summed E-state index contributed by atoms with van der Waals surface area (Å²) < 4.78 is 11.9. The van der Waals surface area contributed by atoms with Crippen molar-refractivity contribution in [2.75, 3.05) is 73.6 Å². The van der Waals surface area contributed by atoms with Crippen LogP contribution >= 0.6 is 0 Å². The fraction of sp³-hybridized carbons (Fsp3) is 0.477. The molecule has 0 bridgehead atoms. The van der Waals surface area contributed by atoms with E-state index in [-0.39, 0.29) is 11.8 Å². The van der Waals surface area contributed by atoms with Gasteiger partial charge in [0.05, 0.1) is 43.6 Å². The first-order valence-electron chi connectivity index (χ1n) is 20.0. The standard InChI is InChI=1S/C44H61N9O4/c1-30-17-40(57-16-8-9-45)26-41(56-7)44(30)36-20-33(4)50-39(25-36)29-53-14-12-51(27-37-21-34(18-31(2)48-37)23-42(54)46-5)10-11-52(13-15-53)28-38-22-35(19-32(3)49-38)24-43(55)47-6/h17-22,25-26H,8-16,23-24,27-29,45H2,1-7H3,(H,46,54)(H,47,55).